The van der Waals surface area contributed by atoms with Crippen LogP contribution < -0.4 is 24.8 Å². The highest BCUT2D eigenvalue weighted by atomic mass is 32.2. The molecule has 32 heavy (non-hydrogen) atoms. The Hall–Kier alpha value is -4.05. The van der Waals surface area contributed by atoms with Gasteiger partial charge in [-0.1, -0.05) is 18.2 Å². The molecule has 1 aliphatic rings. The first kappa shape index (κ1) is 21.2. The summed E-state index contributed by atoms with van der Waals surface area (Å²) in [5, 5.41) is 3.89. The first-order chi connectivity index (χ1) is 15.3. The van der Waals surface area contributed by atoms with Crippen molar-refractivity contribution in [3.8, 4) is 17.2 Å². The van der Waals surface area contributed by atoms with Gasteiger partial charge in [-0.15, -0.1) is 0 Å². The molecule has 3 aromatic rings. The molecule has 0 aromatic heterocycles. The van der Waals surface area contributed by atoms with E-state index in [-0.39, 0.29) is 23.0 Å². The summed E-state index contributed by atoms with van der Waals surface area (Å²) < 4.78 is 41.4. The van der Waals surface area contributed by atoms with Crippen LogP contribution in [-0.2, 0) is 10.1 Å². The van der Waals surface area contributed by atoms with Gasteiger partial charge in [-0.05, 0) is 54.4 Å². The van der Waals surface area contributed by atoms with Crippen molar-refractivity contribution in [1.29, 1.82) is 0 Å². The average Bonchev–Trinajstić information content (AvgIpc) is 3.21. The van der Waals surface area contributed by atoms with Crippen molar-refractivity contribution < 1.29 is 26.9 Å². The van der Waals surface area contributed by atoms with Crippen LogP contribution in [0.1, 0.15) is 21.5 Å². The van der Waals surface area contributed by atoms with Crippen molar-refractivity contribution in [2.45, 2.75) is 11.8 Å². The summed E-state index contributed by atoms with van der Waals surface area (Å²) in [6, 6.07) is 15.6. The van der Waals surface area contributed by atoms with Gasteiger partial charge in [0.1, 0.15) is 10.6 Å². The Balaban J connectivity index is 1.48. The lowest BCUT2D eigenvalue weighted by atomic mass is 10.2. The Morgan fingerprint density at radius 1 is 1.09 bits per heavy atom. The first-order valence-electron chi connectivity index (χ1n) is 9.45. The fraction of sp³-hybridized carbons (Fsp3) is 0.0909. The molecule has 0 saturated carbocycles. The normalized spacial score (nSPS) is 12.7. The van der Waals surface area contributed by atoms with Crippen LogP contribution in [0, 0.1) is 6.92 Å². The van der Waals surface area contributed by atoms with E-state index >= 15 is 0 Å². The van der Waals surface area contributed by atoms with Crippen LogP contribution in [0.25, 0.3) is 0 Å². The SMILES string of the molecule is Cc1cc2c(cc1S(=O)(=O)Oc1cccc(C(=O)N/N=C\c3ccc(N)cc3)c1)OCO2. The highest BCUT2D eigenvalue weighted by Gasteiger charge is 2.25. The maximum atomic E-state index is 12.8. The van der Waals surface area contributed by atoms with E-state index in [2.05, 4.69) is 10.5 Å². The lowest BCUT2D eigenvalue weighted by molar-refractivity contribution is 0.0955. The molecule has 9 nitrogen and oxygen atoms in total. The number of nitrogen functional groups attached to an aromatic ring is 1. The average molecular weight is 453 g/mol. The molecule has 0 aliphatic carbocycles. The molecular weight excluding hydrogens is 434 g/mol. The fourth-order valence-corrected chi connectivity index (χ4v) is 4.12. The zero-order valence-corrected chi connectivity index (χ0v) is 17.8. The van der Waals surface area contributed by atoms with Gasteiger partial charge in [0.25, 0.3) is 5.91 Å². The number of fused-ring (bicyclic) bond motifs is 1. The van der Waals surface area contributed by atoms with E-state index in [1.54, 1.807) is 37.3 Å². The third-order valence-corrected chi connectivity index (χ3v) is 5.95. The molecule has 4 rings (SSSR count). The minimum atomic E-state index is -4.17. The van der Waals surface area contributed by atoms with E-state index in [1.165, 1.54) is 36.5 Å². The topological polar surface area (TPSA) is 129 Å². The van der Waals surface area contributed by atoms with Crippen LogP contribution in [-0.4, -0.2) is 27.3 Å². The monoisotopic (exact) mass is 453 g/mol. The van der Waals surface area contributed by atoms with Crippen molar-refractivity contribution >= 4 is 27.9 Å². The largest absolute Gasteiger partial charge is 0.454 e. The molecule has 10 heteroatoms. The number of ether oxygens (including phenoxy) is 2. The van der Waals surface area contributed by atoms with Crippen molar-refractivity contribution in [3.63, 3.8) is 0 Å². The van der Waals surface area contributed by atoms with Crippen LogP contribution in [0.15, 0.2) is 70.7 Å². The molecule has 0 atom stereocenters. The Kier molecular flexibility index (Phi) is 5.69. The van der Waals surface area contributed by atoms with Gasteiger partial charge < -0.3 is 19.4 Å². The number of benzene rings is 3. The van der Waals surface area contributed by atoms with Crippen LogP contribution in [0.3, 0.4) is 0 Å². The zero-order chi connectivity index (χ0) is 22.7. The number of hydrazone groups is 1. The number of anilines is 1. The Bertz CT molecular complexity index is 1300. The summed E-state index contributed by atoms with van der Waals surface area (Å²) in [5.41, 5.74) is 10.0. The summed E-state index contributed by atoms with van der Waals surface area (Å²) in [6.45, 7) is 1.65. The van der Waals surface area contributed by atoms with Crippen molar-refractivity contribution in [2.24, 2.45) is 5.10 Å². The van der Waals surface area contributed by atoms with Crippen LogP contribution in [0.4, 0.5) is 5.69 Å². The smallest absolute Gasteiger partial charge is 0.339 e. The summed E-state index contributed by atoms with van der Waals surface area (Å²) >= 11 is 0. The molecule has 3 aromatic carbocycles. The molecule has 3 N–H and O–H groups in total. The third kappa shape index (κ3) is 4.65. The van der Waals surface area contributed by atoms with Crippen molar-refractivity contribution in [1.82, 2.24) is 5.43 Å². The van der Waals surface area contributed by atoms with Gasteiger partial charge >= 0.3 is 10.1 Å². The van der Waals surface area contributed by atoms with Crippen LogP contribution in [0.2, 0.25) is 0 Å². The quantitative estimate of drug-likeness (QED) is 0.254. The summed E-state index contributed by atoms with van der Waals surface area (Å²) in [5.74, 6) is 0.251. The molecule has 1 aliphatic heterocycles. The van der Waals surface area contributed by atoms with Crippen LogP contribution >= 0.6 is 0 Å². The molecule has 0 radical (unpaired) electrons. The lowest BCUT2D eigenvalue weighted by Gasteiger charge is -2.11. The minimum Gasteiger partial charge on any atom is -0.454 e. The second kappa shape index (κ2) is 8.60. The zero-order valence-electron chi connectivity index (χ0n) is 16.9. The Morgan fingerprint density at radius 3 is 2.56 bits per heavy atom. The van der Waals surface area contributed by atoms with Crippen molar-refractivity contribution in [2.75, 3.05) is 12.5 Å². The first-order valence-corrected chi connectivity index (χ1v) is 10.9. The number of hydrogen-bond acceptors (Lipinski definition) is 8. The number of carbonyl (C=O) groups excluding carboxylic acids is 1. The lowest BCUT2D eigenvalue weighted by Crippen LogP contribution is -2.18. The second-order valence-electron chi connectivity index (χ2n) is 6.90. The minimum absolute atomic E-state index is 0.0165. The molecule has 0 fully saturated rings. The molecule has 1 amide bonds. The fourth-order valence-electron chi connectivity index (χ4n) is 2.97. The van der Waals surface area contributed by atoms with Gasteiger partial charge in [0.05, 0.1) is 6.21 Å². The van der Waals surface area contributed by atoms with Gasteiger partial charge in [-0.25, -0.2) is 5.43 Å². The van der Waals surface area contributed by atoms with E-state index in [1.807, 2.05) is 0 Å². The van der Waals surface area contributed by atoms with Crippen LogP contribution in [0.5, 0.6) is 17.2 Å². The van der Waals surface area contributed by atoms with E-state index in [0.717, 1.165) is 5.56 Å². The molecule has 0 unspecified atom stereocenters. The third-order valence-electron chi connectivity index (χ3n) is 4.56. The molecular formula is C22H19N3O6S. The van der Waals surface area contributed by atoms with E-state index in [4.69, 9.17) is 19.4 Å². The summed E-state index contributed by atoms with van der Waals surface area (Å²) in [6.07, 6.45) is 1.46. The molecule has 0 saturated heterocycles. The van der Waals surface area contributed by atoms with Gasteiger partial charge in [0, 0.05) is 17.3 Å². The maximum absolute atomic E-state index is 12.8. The summed E-state index contributed by atoms with van der Waals surface area (Å²) in [7, 11) is -4.17. The highest BCUT2D eigenvalue weighted by Crippen LogP contribution is 2.36. The van der Waals surface area contributed by atoms with E-state index in [0.29, 0.717) is 22.7 Å². The van der Waals surface area contributed by atoms with Gasteiger partial charge in [-0.2, -0.15) is 13.5 Å². The number of nitrogens with one attached hydrogen (secondary N) is 1. The molecule has 0 spiro atoms. The Morgan fingerprint density at radius 2 is 1.81 bits per heavy atom. The number of carbonyl (C=O) groups is 1. The molecule has 0 bridgehead atoms. The number of amides is 1. The summed E-state index contributed by atoms with van der Waals surface area (Å²) in [4.78, 5) is 12.3. The maximum Gasteiger partial charge on any atom is 0.339 e. The number of rotatable bonds is 6. The van der Waals surface area contributed by atoms with Gasteiger partial charge in [0.15, 0.2) is 11.5 Å². The number of nitrogens with two attached hydrogens (primary N) is 1. The highest BCUT2D eigenvalue weighted by molar-refractivity contribution is 7.87. The predicted molar refractivity (Wildman–Crippen MR) is 117 cm³/mol. The van der Waals surface area contributed by atoms with E-state index < -0.39 is 16.0 Å². The van der Waals surface area contributed by atoms with E-state index in [9.17, 15) is 13.2 Å². The van der Waals surface area contributed by atoms with Gasteiger partial charge in [-0.3, -0.25) is 4.79 Å². The number of aryl methyl sites for hydroxylation is 1. The number of nitrogens with zero attached hydrogens (tertiary/aromatic N) is 1. The second-order valence-corrected chi connectivity index (χ2v) is 8.42. The van der Waals surface area contributed by atoms with Gasteiger partial charge in [0.2, 0.25) is 6.79 Å². The predicted octanol–water partition coefficient (Wildman–Crippen LogP) is 2.84. The number of hydrogen-bond donors (Lipinski definition) is 2. The van der Waals surface area contributed by atoms with Crippen molar-refractivity contribution in [3.05, 3.63) is 77.4 Å². The molecule has 164 valence electrons. The Labute approximate surface area is 184 Å². The molecule has 1 heterocycles. The standard InChI is InChI=1S/C22H19N3O6S/c1-14-9-19-20(30-13-29-19)11-21(14)32(27,28)31-18-4-2-3-16(10-18)22(26)25-24-12-15-5-7-17(23)8-6-15/h2-12H,13,23H2,1H3,(H,25,26)/b24-12-.